The first-order chi connectivity index (χ1) is 9.51. The Bertz CT molecular complexity index is 302. The topological polar surface area (TPSA) is 105 Å². The first-order valence-electron chi connectivity index (χ1n) is 6.38. The number of carboxylic acid groups (broad SMARTS) is 1. The lowest BCUT2D eigenvalue weighted by Crippen LogP contribution is -2.59. The monoisotopic (exact) mass is 310 g/mol. The van der Waals surface area contributed by atoms with Crippen LogP contribution in [0.5, 0.6) is 0 Å². The van der Waals surface area contributed by atoms with Gasteiger partial charge in [-0.05, 0) is 12.2 Å². The zero-order valence-corrected chi connectivity index (χ0v) is 12.4. The van der Waals surface area contributed by atoms with Crippen molar-refractivity contribution in [2.24, 2.45) is 0 Å². The molecule has 0 saturated carbocycles. The van der Waals surface area contributed by atoms with Crippen molar-refractivity contribution in [2.45, 2.75) is 43.5 Å². The van der Waals surface area contributed by atoms with Gasteiger partial charge in [0.05, 0.1) is 6.10 Å². The molecular weight excluding hydrogens is 288 g/mol. The molecule has 2 unspecified atom stereocenters. The molecule has 0 aromatic rings. The summed E-state index contributed by atoms with van der Waals surface area (Å²) in [6.45, 7) is 0. The van der Waals surface area contributed by atoms with Crippen LogP contribution in [0, 0.1) is 0 Å². The van der Waals surface area contributed by atoms with E-state index in [9.17, 15) is 15.0 Å². The van der Waals surface area contributed by atoms with E-state index in [2.05, 4.69) is 0 Å². The van der Waals surface area contributed by atoms with Crippen LogP contribution in [-0.4, -0.2) is 77.7 Å². The van der Waals surface area contributed by atoms with Crippen LogP contribution < -0.4 is 0 Å². The highest BCUT2D eigenvalue weighted by Gasteiger charge is 2.44. The van der Waals surface area contributed by atoms with E-state index in [4.69, 9.17) is 19.3 Å². The van der Waals surface area contributed by atoms with Crippen LogP contribution in [0.1, 0.15) is 12.8 Å². The van der Waals surface area contributed by atoms with E-state index >= 15 is 0 Å². The predicted molar refractivity (Wildman–Crippen MR) is 72.7 cm³/mol. The zero-order valence-electron chi connectivity index (χ0n) is 11.6. The first kappa shape index (κ1) is 17.7. The van der Waals surface area contributed by atoms with Gasteiger partial charge in [-0.15, -0.1) is 0 Å². The average molecular weight is 310 g/mol. The lowest BCUT2D eigenvalue weighted by Gasteiger charge is -2.41. The molecule has 0 aromatic heterocycles. The van der Waals surface area contributed by atoms with Crippen LogP contribution in [0.2, 0.25) is 0 Å². The van der Waals surface area contributed by atoms with E-state index in [1.54, 1.807) is 0 Å². The molecule has 1 heterocycles. The van der Waals surface area contributed by atoms with Gasteiger partial charge in [-0.3, -0.25) is 4.79 Å². The maximum Gasteiger partial charge on any atom is 0.303 e. The summed E-state index contributed by atoms with van der Waals surface area (Å²) in [6, 6.07) is 0. The molecule has 1 saturated heterocycles. The molecule has 0 spiro atoms. The number of methoxy groups -OCH3 is 2. The van der Waals surface area contributed by atoms with Crippen LogP contribution >= 0.6 is 11.8 Å². The Labute approximate surface area is 122 Å². The van der Waals surface area contributed by atoms with Crippen LogP contribution in [-0.2, 0) is 19.0 Å². The minimum absolute atomic E-state index is 0.133. The molecule has 0 radical (unpaired) electrons. The zero-order chi connectivity index (χ0) is 15.1. The van der Waals surface area contributed by atoms with Gasteiger partial charge in [-0.1, -0.05) is 0 Å². The smallest absolute Gasteiger partial charge is 0.303 e. The van der Waals surface area contributed by atoms with Crippen molar-refractivity contribution in [3.63, 3.8) is 0 Å². The second-order valence-corrected chi connectivity index (χ2v) is 5.68. The number of ether oxygens (including phenoxy) is 3. The summed E-state index contributed by atoms with van der Waals surface area (Å²) in [5, 5.41) is 28.3. The van der Waals surface area contributed by atoms with E-state index < -0.39 is 36.7 Å². The quantitative estimate of drug-likeness (QED) is 0.524. The SMILES string of the molecule is CO[C@H]1OC(CSCCCC(=O)O)[C@@H](OC)[C@H](O)C1O. The molecule has 8 heteroatoms. The third-order valence-electron chi connectivity index (χ3n) is 3.11. The highest BCUT2D eigenvalue weighted by molar-refractivity contribution is 7.99. The van der Waals surface area contributed by atoms with Crippen molar-refractivity contribution in [3.05, 3.63) is 0 Å². The molecule has 0 aromatic carbocycles. The summed E-state index contributed by atoms with van der Waals surface area (Å²) >= 11 is 1.52. The maximum absolute atomic E-state index is 10.4. The van der Waals surface area contributed by atoms with Gasteiger partial charge in [0, 0.05) is 26.4 Å². The molecule has 118 valence electrons. The molecule has 1 rings (SSSR count). The van der Waals surface area contributed by atoms with E-state index in [0.29, 0.717) is 17.9 Å². The molecule has 0 aliphatic carbocycles. The fraction of sp³-hybridized carbons (Fsp3) is 0.917. The summed E-state index contributed by atoms with van der Waals surface area (Å²) < 4.78 is 15.7. The van der Waals surface area contributed by atoms with Crippen LogP contribution in [0.4, 0.5) is 0 Å². The van der Waals surface area contributed by atoms with Crippen LogP contribution in [0.25, 0.3) is 0 Å². The van der Waals surface area contributed by atoms with Crippen LogP contribution in [0.15, 0.2) is 0 Å². The van der Waals surface area contributed by atoms with Crippen LogP contribution in [0.3, 0.4) is 0 Å². The lowest BCUT2D eigenvalue weighted by atomic mass is 10.00. The number of carbonyl (C=O) groups is 1. The van der Waals surface area contributed by atoms with Crippen molar-refractivity contribution in [1.29, 1.82) is 0 Å². The summed E-state index contributed by atoms with van der Waals surface area (Å²) in [4.78, 5) is 10.4. The number of rotatable bonds is 8. The van der Waals surface area contributed by atoms with E-state index in [-0.39, 0.29) is 6.42 Å². The number of hydrogen-bond donors (Lipinski definition) is 3. The maximum atomic E-state index is 10.4. The van der Waals surface area contributed by atoms with Gasteiger partial charge in [-0.2, -0.15) is 11.8 Å². The van der Waals surface area contributed by atoms with Gasteiger partial charge in [0.1, 0.15) is 18.3 Å². The fourth-order valence-electron chi connectivity index (χ4n) is 2.05. The summed E-state index contributed by atoms with van der Waals surface area (Å²) in [6.07, 6.45) is -3.47. The molecule has 0 bridgehead atoms. The number of hydrogen-bond acceptors (Lipinski definition) is 7. The Morgan fingerprint density at radius 2 is 1.95 bits per heavy atom. The molecule has 7 nitrogen and oxygen atoms in total. The molecule has 5 atom stereocenters. The number of aliphatic hydroxyl groups is 2. The van der Waals surface area contributed by atoms with Gasteiger partial charge in [0.15, 0.2) is 6.29 Å². The Morgan fingerprint density at radius 3 is 2.50 bits per heavy atom. The molecule has 1 fully saturated rings. The van der Waals surface area contributed by atoms with Crippen molar-refractivity contribution < 1.29 is 34.3 Å². The van der Waals surface area contributed by atoms with E-state index in [0.717, 1.165) is 0 Å². The summed E-state index contributed by atoms with van der Waals surface area (Å²) in [5.74, 6) is 0.396. The molecule has 20 heavy (non-hydrogen) atoms. The highest BCUT2D eigenvalue weighted by Crippen LogP contribution is 2.26. The molecule has 1 aliphatic heterocycles. The Hall–Kier alpha value is -0.380. The average Bonchev–Trinajstić information content (AvgIpc) is 2.41. The van der Waals surface area contributed by atoms with E-state index in [1.807, 2.05) is 0 Å². The third kappa shape index (κ3) is 4.87. The standard InChI is InChI=1S/C12H22O7S/c1-17-11-7(6-20-5-3-4-8(13)14)19-12(18-2)10(16)9(11)15/h7,9-12,15-16H,3-6H2,1-2H3,(H,13,14)/t7?,9-,10?,11-,12+/m1/s1. The van der Waals surface area contributed by atoms with Gasteiger partial charge >= 0.3 is 5.97 Å². The molecule has 1 aliphatic rings. The predicted octanol–water partition coefficient (Wildman–Crippen LogP) is -0.307. The largest absolute Gasteiger partial charge is 0.481 e. The van der Waals surface area contributed by atoms with Gasteiger partial charge < -0.3 is 29.5 Å². The molecular formula is C12H22O7S. The van der Waals surface area contributed by atoms with Crippen molar-refractivity contribution in [2.75, 3.05) is 25.7 Å². The van der Waals surface area contributed by atoms with E-state index in [1.165, 1.54) is 26.0 Å². The molecule has 3 N–H and O–H groups in total. The Morgan fingerprint density at radius 1 is 1.25 bits per heavy atom. The number of carboxylic acids is 1. The minimum atomic E-state index is -1.15. The first-order valence-corrected chi connectivity index (χ1v) is 7.53. The molecule has 0 amide bonds. The minimum Gasteiger partial charge on any atom is -0.481 e. The fourth-order valence-corrected chi connectivity index (χ4v) is 3.07. The van der Waals surface area contributed by atoms with Gasteiger partial charge in [0.25, 0.3) is 0 Å². The van der Waals surface area contributed by atoms with Crippen molar-refractivity contribution in [1.82, 2.24) is 0 Å². The summed E-state index contributed by atoms with van der Waals surface area (Å²) in [5.41, 5.74) is 0. The Kier molecular flexibility index (Phi) is 7.78. The summed E-state index contributed by atoms with van der Waals surface area (Å²) in [7, 11) is 2.84. The number of aliphatic hydroxyl groups excluding tert-OH is 2. The highest BCUT2D eigenvalue weighted by atomic mass is 32.2. The normalized spacial score (nSPS) is 34.1. The Balaban J connectivity index is 2.43. The second kappa shape index (κ2) is 8.81. The third-order valence-corrected chi connectivity index (χ3v) is 4.25. The van der Waals surface area contributed by atoms with Crippen molar-refractivity contribution >= 4 is 17.7 Å². The lowest BCUT2D eigenvalue weighted by molar-refractivity contribution is -0.288. The van der Waals surface area contributed by atoms with Crippen molar-refractivity contribution in [3.8, 4) is 0 Å². The van der Waals surface area contributed by atoms with Gasteiger partial charge in [0.2, 0.25) is 0 Å². The van der Waals surface area contributed by atoms with Gasteiger partial charge in [-0.25, -0.2) is 0 Å². The number of thioether (sulfide) groups is 1. The second-order valence-electron chi connectivity index (χ2n) is 4.53. The number of aliphatic carboxylic acids is 1.